The van der Waals surface area contributed by atoms with Crippen molar-refractivity contribution >= 4 is 11.6 Å². The van der Waals surface area contributed by atoms with E-state index in [1.807, 2.05) is 24.3 Å². The van der Waals surface area contributed by atoms with Crippen molar-refractivity contribution in [2.24, 2.45) is 0 Å². The van der Waals surface area contributed by atoms with E-state index in [4.69, 9.17) is 14.2 Å². The molecule has 0 saturated carbocycles. The molecule has 1 aliphatic heterocycles. The van der Waals surface area contributed by atoms with Gasteiger partial charge in [-0.15, -0.1) is 0 Å². The number of amides is 1. The number of methoxy groups -OCH3 is 3. The van der Waals surface area contributed by atoms with Crippen molar-refractivity contribution in [3.63, 3.8) is 0 Å². The Morgan fingerprint density at radius 3 is 2.42 bits per heavy atom. The number of carbonyl (C=O) groups is 1. The summed E-state index contributed by atoms with van der Waals surface area (Å²) in [5.74, 6) is 1.67. The SMILES string of the molecule is COc1cc(CNC(=O)CN2CCc3ccccc32)cc(OC)c1OC. The molecule has 0 saturated heterocycles. The van der Waals surface area contributed by atoms with Crippen LogP contribution in [0.2, 0.25) is 0 Å². The van der Waals surface area contributed by atoms with Gasteiger partial charge >= 0.3 is 0 Å². The molecule has 0 unspecified atom stereocenters. The highest BCUT2D eigenvalue weighted by Crippen LogP contribution is 2.38. The summed E-state index contributed by atoms with van der Waals surface area (Å²) in [6, 6.07) is 11.9. The second-order valence-electron chi connectivity index (χ2n) is 6.11. The van der Waals surface area contributed by atoms with Gasteiger partial charge in [-0.05, 0) is 35.7 Å². The average molecular weight is 356 g/mol. The van der Waals surface area contributed by atoms with E-state index in [9.17, 15) is 4.79 Å². The zero-order valence-electron chi connectivity index (χ0n) is 15.4. The maximum atomic E-state index is 12.4. The van der Waals surface area contributed by atoms with E-state index < -0.39 is 0 Å². The van der Waals surface area contributed by atoms with E-state index >= 15 is 0 Å². The first-order valence-electron chi connectivity index (χ1n) is 8.54. The Morgan fingerprint density at radius 2 is 1.77 bits per heavy atom. The van der Waals surface area contributed by atoms with Gasteiger partial charge in [-0.3, -0.25) is 4.79 Å². The summed E-state index contributed by atoms with van der Waals surface area (Å²) in [5, 5.41) is 2.96. The number of hydrogen-bond donors (Lipinski definition) is 1. The lowest BCUT2D eigenvalue weighted by molar-refractivity contribution is -0.119. The van der Waals surface area contributed by atoms with Gasteiger partial charge in [-0.1, -0.05) is 18.2 Å². The summed E-state index contributed by atoms with van der Waals surface area (Å²) in [5.41, 5.74) is 3.33. The van der Waals surface area contributed by atoms with E-state index in [-0.39, 0.29) is 5.91 Å². The van der Waals surface area contributed by atoms with Crippen LogP contribution in [-0.2, 0) is 17.8 Å². The Balaban J connectivity index is 1.63. The number of ether oxygens (including phenoxy) is 3. The van der Waals surface area contributed by atoms with Gasteiger partial charge in [0.1, 0.15) is 0 Å². The largest absolute Gasteiger partial charge is 0.493 e. The lowest BCUT2D eigenvalue weighted by Gasteiger charge is -2.19. The van der Waals surface area contributed by atoms with Gasteiger partial charge in [0.25, 0.3) is 0 Å². The number of carbonyl (C=O) groups excluding carboxylic acids is 1. The van der Waals surface area contributed by atoms with Crippen molar-refractivity contribution in [1.82, 2.24) is 5.32 Å². The fraction of sp³-hybridized carbons (Fsp3) is 0.350. The van der Waals surface area contributed by atoms with Crippen LogP contribution in [0, 0.1) is 0 Å². The summed E-state index contributed by atoms with van der Waals surface area (Å²) >= 11 is 0. The highest BCUT2D eigenvalue weighted by molar-refractivity contribution is 5.82. The van der Waals surface area contributed by atoms with Crippen LogP contribution in [-0.4, -0.2) is 40.3 Å². The molecule has 6 heteroatoms. The molecule has 0 spiro atoms. The molecule has 6 nitrogen and oxygen atoms in total. The average Bonchev–Trinajstić information content (AvgIpc) is 3.08. The monoisotopic (exact) mass is 356 g/mol. The molecule has 138 valence electrons. The van der Waals surface area contributed by atoms with Crippen LogP contribution in [0.15, 0.2) is 36.4 Å². The minimum atomic E-state index is -0.0181. The first kappa shape index (κ1) is 17.9. The number of benzene rings is 2. The normalized spacial score (nSPS) is 12.5. The van der Waals surface area contributed by atoms with Crippen molar-refractivity contribution < 1.29 is 19.0 Å². The predicted octanol–water partition coefficient (Wildman–Crippen LogP) is 2.39. The quantitative estimate of drug-likeness (QED) is 0.825. The molecule has 0 bridgehead atoms. The van der Waals surface area contributed by atoms with Crippen LogP contribution in [0.25, 0.3) is 0 Å². The van der Waals surface area contributed by atoms with Gasteiger partial charge in [-0.25, -0.2) is 0 Å². The lowest BCUT2D eigenvalue weighted by atomic mass is 10.1. The number of hydrogen-bond acceptors (Lipinski definition) is 5. The topological polar surface area (TPSA) is 60.0 Å². The third kappa shape index (κ3) is 3.69. The van der Waals surface area contributed by atoms with Gasteiger partial charge in [0.05, 0.1) is 27.9 Å². The van der Waals surface area contributed by atoms with Gasteiger partial charge in [-0.2, -0.15) is 0 Å². The molecule has 1 aliphatic rings. The van der Waals surface area contributed by atoms with Crippen LogP contribution in [0.4, 0.5) is 5.69 Å². The molecular weight excluding hydrogens is 332 g/mol. The maximum Gasteiger partial charge on any atom is 0.239 e. The maximum absolute atomic E-state index is 12.4. The van der Waals surface area contributed by atoms with Gasteiger partial charge in [0.2, 0.25) is 11.7 Å². The molecule has 1 amide bonds. The summed E-state index contributed by atoms with van der Waals surface area (Å²) < 4.78 is 16.0. The van der Waals surface area contributed by atoms with E-state index in [1.165, 1.54) is 5.56 Å². The van der Waals surface area contributed by atoms with Crippen molar-refractivity contribution in [3.05, 3.63) is 47.5 Å². The Bertz CT molecular complexity index is 766. The second kappa shape index (κ2) is 7.99. The van der Waals surface area contributed by atoms with Gasteiger partial charge in [0, 0.05) is 18.8 Å². The molecule has 0 radical (unpaired) electrons. The van der Waals surface area contributed by atoms with E-state index in [1.54, 1.807) is 21.3 Å². The van der Waals surface area contributed by atoms with E-state index in [0.29, 0.717) is 30.3 Å². The molecule has 0 atom stereocenters. The third-order valence-corrected chi connectivity index (χ3v) is 4.53. The molecule has 1 N–H and O–H groups in total. The summed E-state index contributed by atoms with van der Waals surface area (Å²) in [6.07, 6.45) is 0.982. The number of fused-ring (bicyclic) bond motifs is 1. The number of nitrogens with zero attached hydrogens (tertiary/aromatic N) is 1. The van der Waals surface area contributed by atoms with E-state index in [0.717, 1.165) is 24.2 Å². The van der Waals surface area contributed by atoms with Crippen molar-refractivity contribution in [1.29, 1.82) is 0 Å². The fourth-order valence-electron chi connectivity index (χ4n) is 3.24. The van der Waals surface area contributed by atoms with Crippen LogP contribution < -0.4 is 24.4 Å². The zero-order chi connectivity index (χ0) is 18.5. The van der Waals surface area contributed by atoms with Crippen LogP contribution in [0.1, 0.15) is 11.1 Å². The van der Waals surface area contributed by atoms with Crippen LogP contribution in [0.5, 0.6) is 17.2 Å². The summed E-state index contributed by atoms with van der Waals surface area (Å²) in [7, 11) is 4.71. The fourth-order valence-corrected chi connectivity index (χ4v) is 3.24. The van der Waals surface area contributed by atoms with E-state index in [2.05, 4.69) is 22.3 Å². The highest BCUT2D eigenvalue weighted by Gasteiger charge is 2.20. The number of anilines is 1. The number of para-hydroxylation sites is 1. The van der Waals surface area contributed by atoms with Gasteiger partial charge in [0.15, 0.2) is 11.5 Å². The number of rotatable bonds is 7. The minimum Gasteiger partial charge on any atom is -0.493 e. The Hall–Kier alpha value is -2.89. The third-order valence-electron chi connectivity index (χ3n) is 4.53. The lowest BCUT2D eigenvalue weighted by Crippen LogP contribution is -2.36. The molecule has 0 aromatic heterocycles. The smallest absolute Gasteiger partial charge is 0.239 e. The Labute approximate surface area is 153 Å². The molecule has 2 aromatic carbocycles. The van der Waals surface area contributed by atoms with Crippen LogP contribution >= 0.6 is 0 Å². The molecule has 0 fully saturated rings. The summed E-state index contributed by atoms with van der Waals surface area (Å²) in [6.45, 7) is 1.61. The molecule has 1 heterocycles. The van der Waals surface area contributed by atoms with Crippen LogP contribution in [0.3, 0.4) is 0 Å². The molecule has 2 aromatic rings. The second-order valence-corrected chi connectivity index (χ2v) is 6.11. The van der Waals surface area contributed by atoms with Crippen molar-refractivity contribution in [3.8, 4) is 17.2 Å². The zero-order valence-corrected chi connectivity index (χ0v) is 15.4. The molecule has 3 rings (SSSR count). The highest BCUT2D eigenvalue weighted by atomic mass is 16.5. The minimum absolute atomic E-state index is 0.0181. The standard InChI is InChI=1S/C20H24N2O4/c1-24-17-10-14(11-18(25-2)20(17)26-3)12-21-19(23)13-22-9-8-15-6-4-5-7-16(15)22/h4-7,10-11H,8-9,12-13H2,1-3H3,(H,21,23). The Kier molecular flexibility index (Phi) is 5.51. The molecular formula is C20H24N2O4. The number of nitrogens with one attached hydrogen (secondary N) is 1. The predicted molar refractivity (Wildman–Crippen MR) is 100 cm³/mol. The molecule has 26 heavy (non-hydrogen) atoms. The van der Waals surface area contributed by atoms with Crippen molar-refractivity contribution in [2.45, 2.75) is 13.0 Å². The van der Waals surface area contributed by atoms with Crippen molar-refractivity contribution in [2.75, 3.05) is 39.3 Å². The Morgan fingerprint density at radius 1 is 1.08 bits per heavy atom. The first-order valence-corrected chi connectivity index (χ1v) is 8.54. The molecule has 0 aliphatic carbocycles. The summed E-state index contributed by atoms with van der Waals surface area (Å²) in [4.78, 5) is 14.5. The first-order chi connectivity index (χ1) is 12.7. The van der Waals surface area contributed by atoms with Gasteiger partial charge < -0.3 is 24.4 Å².